The maximum Gasteiger partial charge on any atom is 0.160 e. The SMILES string of the molecule is Cc1cc2nc3c4ccccc4nc-3n(C)c2cc1C. The minimum Gasteiger partial charge on any atom is -0.326 e. The molecule has 0 unspecified atom stereocenters. The first-order valence-electron chi connectivity index (χ1n) is 6.77. The van der Waals surface area contributed by atoms with Gasteiger partial charge in [0, 0.05) is 12.4 Å². The van der Waals surface area contributed by atoms with Crippen LogP contribution in [0.5, 0.6) is 0 Å². The molecule has 3 nitrogen and oxygen atoms in total. The molecule has 0 atom stereocenters. The zero-order valence-electron chi connectivity index (χ0n) is 11.8. The molecular formula is C17H15N3. The lowest BCUT2D eigenvalue weighted by atomic mass is 10.1. The summed E-state index contributed by atoms with van der Waals surface area (Å²) in [5, 5.41) is 1.12. The first-order chi connectivity index (χ1) is 9.65. The van der Waals surface area contributed by atoms with Crippen LogP contribution in [0.2, 0.25) is 0 Å². The molecule has 0 amide bonds. The lowest BCUT2D eigenvalue weighted by molar-refractivity contribution is 0.925. The molecular weight excluding hydrogens is 246 g/mol. The lowest BCUT2D eigenvalue weighted by Crippen LogP contribution is -2.03. The Morgan fingerprint density at radius 2 is 1.65 bits per heavy atom. The van der Waals surface area contributed by atoms with E-state index >= 15 is 0 Å². The van der Waals surface area contributed by atoms with Gasteiger partial charge in [0.1, 0.15) is 5.69 Å². The van der Waals surface area contributed by atoms with Crippen molar-refractivity contribution >= 4 is 21.9 Å². The van der Waals surface area contributed by atoms with E-state index < -0.39 is 0 Å². The van der Waals surface area contributed by atoms with E-state index in [1.54, 1.807) is 0 Å². The largest absolute Gasteiger partial charge is 0.326 e. The van der Waals surface area contributed by atoms with E-state index in [0.29, 0.717) is 0 Å². The maximum absolute atomic E-state index is 4.85. The third kappa shape index (κ3) is 1.40. The Bertz CT molecular complexity index is 934. The maximum atomic E-state index is 4.85. The standard InChI is InChI=1S/C17H15N3/c1-10-8-14-15(9-11(10)2)20(3)17-16(18-14)12-6-4-5-7-13(12)19-17/h4-9H,1-3H3. The quantitative estimate of drug-likeness (QED) is 0.481. The molecule has 0 bridgehead atoms. The van der Waals surface area contributed by atoms with Gasteiger partial charge in [-0.2, -0.15) is 0 Å². The highest BCUT2D eigenvalue weighted by molar-refractivity contribution is 5.97. The van der Waals surface area contributed by atoms with Gasteiger partial charge >= 0.3 is 0 Å². The van der Waals surface area contributed by atoms with E-state index in [1.807, 2.05) is 18.2 Å². The van der Waals surface area contributed by atoms with Crippen LogP contribution in [0.4, 0.5) is 0 Å². The second kappa shape index (κ2) is 3.79. The van der Waals surface area contributed by atoms with Crippen LogP contribution in [0.15, 0.2) is 36.4 Å². The van der Waals surface area contributed by atoms with Crippen LogP contribution in [0.3, 0.4) is 0 Å². The van der Waals surface area contributed by atoms with Gasteiger partial charge in [-0.05, 0) is 43.2 Å². The lowest BCUT2D eigenvalue weighted by Gasteiger charge is -2.12. The molecule has 20 heavy (non-hydrogen) atoms. The van der Waals surface area contributed by atoms with Crippen LogP contribution in [-0.2, 0) is 7.05 Å². The van der Waals surface area contributed by atoms with E-state index in [-0.39, 0.29) is 0 Å². The number of benzene rings is 2. The minimum atomic E-state index is 0.946. The molecule has 98 valence electrons. The molecule has 0 aliphatic carbocycles. The highest BCUT2D eigenvalue weighted by atomic mass is 15.1. The summed E-state index contributed by atoms with van der Waals surface area (Å²) < 4.78 is 2.14. The molecule has 2 heterocycles. The predicted molar refractivity (Wildman–Crippen MR) is 82.1 cm³/mol. The Hall–Kier alpha value is -2.42. The van der Waals surface area contributed by atoms with Crippen molar-refractivity contribution in [1.29, 1.82) is 0 Å². The number of aromatic nitrogens is 3. The summed E-state index contributed by atoms with van der Waals surface area (Å²) in [6, 6.07) is 12.5. The van der Waals surface area contributed by atoms with Crippen LogP contribution in [0.1, 0.15) is 11.1 Å². The highest BCUT2D eigenvalue weighted by Gasteiger charge is 2.17. The van der Waals surface area contributed by atoms with Gasteiger partial charge in [0.25, 0.3) is 0 Å². The third-order valence-corrected chi connectivity index (χ3v) is 4.10. The number of hydrogen-bond donors (Lipinski definition) is 0. The van der Waals surface area contributed by atoms with E-state index in [1.165, 1.54) is 11.1 Å². The van der Waals surface area contributed by atoms with E-state index in [9.17, 15) is 0 Å². The third-order valence-electron chi connectivity index (χ3n) is 4.10. The zero-order valence-corrected chi connectivity index (χ0v) is 11.8. The van der Waals surface area contributed by atoms with Gasteiger partial charge in [-0.15, -0.1) is 0 Å². The summed E-state index contributed by atoms with van der Waals surface area (Å²) in [5.74, 6) is 0.946. The Labute approximate surface area is 117 Å². The van der Waals surface area contributed by atoms with Crippen LogP contribution in [-0.4, -0.2) is 14.5 Å². The summed E-state index contributed by atoms with van der Waals surface area (Å²) in [6.07, 6.45) is 0. The Balaban J connectivity index is 2.25. The summed E-state index contributed by atoms with van der Waals surface area (Å²) >= 11 is 0. The Morgan fingerprint density at radius 3 is 2.50 bits per heavy atom. The second-order valence-electron chi connectivity index (χ2n) is 5.40. The molecule has 2 aliphatic heterocycles. The summed E-state index contributed by atoms with van der Waals surface area (Å²) in [6.45, 7) is 4.26. The van der Waals surface area contributed by atoms with Crippen LogP contribution in [0.25, 0.3) is 33.5 Å². The van der Waals surface area contributed by atoms with Crippen LogP contribution >= 0.6 is 0 Å². The first-order valence-corrected chi connectivity index (χ1v) is 6.77. The molecule has 2 aromatic rings. The molecule has 3 heteroatoms. The molecule has 0 N–H and O–H groups in total. The average Bonchev–Trinajstić information content (AvgIpc) is 2.81. The number of aryl methyl sites for hydroxylation is 3. The van der Waals surface area contributed by atoms with Crippen molar-refractivity contribution < 1.29 is 0 Å². The van der Waals surface area contributed by atoms with Crippen molar-refractivity contribution in [3.63, 3.8) is 0 Å². The van der Waals surface area contributed by atoms with Gasteiger partial charge in [-0.25, -0.2) is 9.97 Å². The van der Waals surface area contributed by atoms with Gasteiger partial charge in [0.05, 0.1) is 16.6 Å². The van der Waals surface area contributed by atoms with Crippen molar-refractivity contribution in [2.24, 2.45) is 7.05 Å². The van der Waals surface area contributed by atoms with E-state index in [2.05, 4.69) is 43.7 Å². The van der Waals surface area contributed by atoms with Gasteiger partial charge in [-0.1, -0.05) is 18.2 Å². The molecule has 2 aromatic carbocycles. The van der Waals surface area contributed by atoms with Crippen LogP contribution < -0.4 is 0 Å². The average molecular weight is 261 g/mol. The first kappa shape index (κ1) is 11.4. The smallest absolute Gasteiger partial charge is 0.160 e. The van der Waals surface area contributed by atoms with Crippen molar-refractivity contribution in [3.8, 4) is 11.5 Å². The highest BCUT2D eigenvalue weighted by Crippen LogP contribution is 2.32. The molecule has 0 aromatic heterocycles. The number of para-hydroxylation sites is 1. The van der Waals surface area contributed by atoms with Gasteiger partial charge < -0.3 is 4.57 Å². The fourth-order valence-electron chi connectivity index (χ4n) is 2.78. The van der Waals surface area contributed by atoms with Crippen molar-refractivity contribution in [1.82, 2.24) is 14.5 Å². The molecule has 0 fully saturated rings. The molecule has 0 saturated carbocycles. The number of rotatable bonds is 0. The Morgan fingerprint density at radius 1 is 0.900 bits per heavy atom. The summed E-state index contributed by atoms with van der Waals surface area (Å²) in [4.78, 5) is 9.56. The number of hydrogen-bond acceptors (Lipinski definition) is 2. The van der Waals surface area contributed by atoms with Crippen LogP contribution in [0, 0.1) is 13.8 Å². The molecule has 0 radical (unpaired) electrons. The van der Waals surface area contributed by atoms with E-state index in [0.717, 1.165) is 33.5 Å². The monoisotopic (exact) mass is 261 g/mol. The minimum absolute atomic E-state index is 0.946. The molecule has 0 spiro atoms. The topological polar surface area (TPSA) is 30.7 Å². The second-order valence-corrected chi connectivity index (χ2v) is 5.40. The van der Waals surface area contributed by atoms with E-state index in [4.69, 9.17) is 9.97 Å². The molecule has 2 aliphatic rings. The zero-order chi connectivity index (χ0) is 13.9. The van der Waals surface area contributed by atoms with Gasteiger partial charge in [-0.3, -0.25) is 0 Å². The summed E-state index contributed by atoms with van der Waals surface area (Å²) in [5.41, 5.74) is 6.70. The molecule has 4 rings (SSSR count). The normalized spacial score (nSPS) is 11.8. The van der Waals surface area contributed by atoms with Crippen molar-refractivity contribution in [2.75, 3.05) is 0 Å². The van der Waals surface area contributed by atoms with Gasteiger partial charge in [0.2, 0.25) is 0 Å². The number of nitrogens with zero attached hydrogens (tertiary/aromatic N) is 3. The Kier molecular flexibility index (Phi) is 2.16. The number of fused-ring (bicyclic) bond motifs is 4. The van der Waals surface area contributed by atoms with Gasteiger partial charge in [0.15, 0.2) is 5.82 Å². The van der Waals surface area contributed by atoms with Crippen molar-refractivity contribution in [3.05, 3.63) is 47.5 Å². The summed E-state index contributed by atoms with van der Waals surface area (Å²) in [7, 11) is 2.06. The molecule has 0 saturated heterocycles. The van der Waals surface area contributed by atoms with Crippen molar-refractivity contribution in [2.45, 2.75) is 13.8 Å². The fourth-order valence-corrected chi connectivity index (χ4v) is 2.78. The predicted octanol–water partition coefficient (Wildman–Crippen LogP) is 3.84. The fraction of sp³-hybridized carbons (Fsp3) is 0.176.